The van der Waals surface area contributed by atoms with Crippen molar-refractivity contribution >= 4 is 5.69 Å². The van der Waals surface area contributed by atoms with Gasteiger partial charge in [0, 0.05) is 30.9 Å². The van der Waals surface area contributed by atoms with Crippen molar-refractivity contribution in [2.75, 3.05) is 18.6 Å². The number of methoxy groups -OCH3 is 1. The summed E-state index contributed by atoms with van der Waals surface area (Å²) >= 11 is 0. The summed E-state index contributed by atoms with van der Waals surface area (Å²) in [5.41, 5.74) is 8.35. The van der Waals surface area contributed by atoms with Crippen molar-refractivity contribution in [2.45, 2.75) is 53.1 Å². The molecule has 3 nitrogen and oxygen atoms in total. The number of hydrogen-bond donors (Lipinski definition) is 1. The van der Waals surface area contributed by atoms with Crippen LogP contribution in [0, 0.1) is 5.92 Å². The number of nitrogens with two attached hydrogens (primary N) is 1. The summed E-state index contributed by atoms with van der Waals surface area (Å²) in [4.78, 5) is 2.51. The number of anilines is 1. The third kappa shape index (κ3) is 4.14. The van der Waals surface area contributed by atoms with Crippen molar-refractivity contribution in [1.29, 1.82) is 0 Å². The first-order chi connectivity index (χ1) is 9.57. The van der Waals surface area contributed by atoms with Crippen LogP contribution in [-0.4, -0.2) is 19.7 Å². The minimum absolute atomic E-state index is 0.551. The molecule has 3 heteroatoms. The lowest BCUT2D eigenvalue weighted by atomic mass is 10.0. The second kappa shape index (κ2) is 8.15. The highest BCUT2D eigenvalue weighted by atomic mass is 16.5. The van der Waals surface area contributed by atoms with Gasteiger partial charge in [0.05, 0.1) is 7.11 Å². The van der Waals surface area contributed by atoms with Gasteiger partial charge in [-0.3, -0.25) is 0 Å². The Kier molecular flexibility index (Phi) is 6.86. The van der Waals surface area contributed by atoms with E-state index in [1.807, 2.05) is 6.07 Å². The monoisotopic (exact) mass is 278 g/mol. The van der Waals surface area contributed by atoms with Crippen LogP contribution in [0.1, 0.15) is 46.1 Å². The number of ether oxygens (including phenoxy) is 1. The maximum Gasteiger partial charge on any atom is 0.120 e. The molecule has 20 heavy (non-hydrogen) atoms. The molecule has 0 unspecified atom stereocenters. The van der Waals surface area contributed by atoms with Gasteiger partial charge in [0.1, 0.15) is 5.75 Å². The van der Waals surface area contributed by atoms with Gasteiger partial charge in [-0.25, -0.2) is 0 Å². The van der Waals surface area contributed by atoms with Gasteiger partial charge >= 0.3 is 0 Å². The van der Waals surface area contributed by atoms with Gasteiger partial charge in [-0.15, -0.1) is 0 Å². The van der Waals surface area contributed by atoms with Crippen molar-refractivity contribution < 1.29 is 4.74 Å². The summed E-state index contributed by atoms with van der Waals surface area (Å²) in [5.74, 6) is 1.52. The van der Waals surface area contributed by atoms with Crippen molar-refractivity contribution in [3.05, 3.63) is 23.8 Å². The maximum atomic E-state index is 5.93. The highest BCUT2D eigenvalue weighted by molar-refractivity contribution is 5.58. The Morgan fingerprint density at radius 1 is 1.20 bits per heavy atom. The predicted molar refractivity (Wildman–Crippen MR) is 87.4 cm³/mol. The minimum atomic E-state index is 0.551. The first-order valence-electron chi connectivity index (χ1n) is 7.70. The van der Waals surface area contributed by atoms with Gasteiger partial charge in [-0.05, 0) is 30.4 Å². The molecule has 0 aliphatic heterocycles. The molecule has 114 valence electrons. The topological polar surface area (TPSA) is 38.5 Å². The van der Waals surface area contributed by atoms with E-state index in [9.17, 15) is 0 Å². The molecule has 0 aliphatic carbocycles. The Labute approximate surface area is 124 Å². The van der Waals surface area contributed by atoms with Crippen molar-refractivity contribution in [1.82, 2.24) is 0 Å². The molecule has 0 amide bonds. The van der Waals surface area contributed by atoms with Crippen LogP contribution in [0.2, 0.25) is 0 Å². The van der Waals surface area contributed by atoms with Crippen LogP contribution in [0.3, 0.4) is 0 Å². The third-order valence-corrected chi connectivity index (χ3v) is 3.77. The Morgan fingerprint density at radius 2 is 1.85 bits per heavy atom. The first kappa shape index (κ1) is 16.8. The van der Waals surface area contributed by atoms with E-state index in [0.29, 0.717) is 18.5 Å². The number of nitrogens with zero attached hydrogens (tertiary/aromatic N) is 1. The number of hydrogen-bond acceptors (Lipinski definition) is 3. The first-order valence-corrected chi connectivity index (χ1v) is 7.70. The van der Waals surface area contributed by atoms with Crippen LogP contribution in [0.4, 0.5) is 5.69 Å². The zero-order chi connectivity index (χ0) is 15.1. The summed E-state index contributed by atoms with van der Waals surface area (Å²) in [7, 11) is 1.71. The lowest BCUT2D eigenvalue weighted by molar-refractivity contribution is 0.414. The van der Waals surface area contributed by atoms with Crippen molar-refractivity contribution in [3.8, 4) is 5.75 Å². The summed E-state index contributed by atoms with van der Waals surface area (Å²) in [6.45, 7) is 10.6. The zero-order valence-electron chi connectivity index (χ0n) is 13.6. The second-order valence-corrected chi connectivity index (χ2v) is 5.72. The summed E-state index contributed by atoms with van der Waals surface area (Å²) < 4.78 is 5.39. The van der Waals surface area contributed by atoms with E-state index in [0.717, 1.165) is 25.1 Å². The summed E-state index contributed by atoms with van der Waals surface area (Å²) in [5, 5.41) is 0. The van der Waals surface area contributed by atoms with E-state index in [1.54, 1.807) is 7.11 Å². The Balaban J connectivity index is 3.22. The summed E-state index contributed by atoms with van der Waals surface area (Å²) in [6.07, 6.45) is 2.29. The molecule has 0 radical (unpaired) electrons. The molecular formula is C17H30N2O. The lowest BCUT2D eigenvalue weighted by Crippen LogP contribution is -2.38. The van der Waals surface area contributed by atoms with Gasteiger partial charge in [0.2, 0.25) is 0 Å². The number of rotatable bonds is 8. The molecule has 0 heterocycles. The molecule has 0 aliphatic rings. The lowest BCUT2D eigenvalue weighted by Gasteiger charge is -2.35. The van der Waals surface area contributed by atoms with E-state index in [2.05, 4.69) is 44.7 Å². The molecule has 0 spiro atoms. The molecular weight excluding hydrogens is 248 g/mol. The van der Waals surface area contributed by atoms with E-state index >= 15 is 0 Å². The molecule has 0 atom stereocenters. The van der Waals surface area contributed by atoms with Crippen LogP contribution in [-0.2, 0) is 6.54 Å². The molecule has 1 aromatic rings. The highest BCUT2D eigenvalue weighted by Crippen LogP contribution is 2.30. The van der Waals surface area contributed by atoms with E-state index in [1.165, 1.54) is 11.3 Å². The molecule has 2 N–H and O–H groups in total. The Bertz CT molecular complexity index is 400. The van der Waals surface area contributed by atoms with Gasteiger partial charge in [-0.2, -0.15) is 0 Å². The predicted octanol–water partition coefficient (Wildman–Crippen LogP) is 3.80. The zero-order valence-corrected chi connectivity index (χ0v) is 13.6. The molecule has 0 saturated heterocycles. The van der Waals surface area contributed by atoms with Gasteiger partial charge in [0.25, 0.3) is 0 Å². The van der Waals surface area contributed by atoms with Crippen LogP contribution in [0.25, 0.3) is 0 Å². The van der Waals surface area contributed by atoms with Gasteiger partial charge in [-0.1, -0.05) is 33.8 Å². The van der Waals surface area contributed by atoms with Crippen LogP contribution < -0.4 is 15.4 Å². The molecule has 1 rings (SSSR count). The Hall–Kier alpha value is -1.22. The average Bonchev–Trinajstić information content (AvgIpc) is 2.46. The van der Waals surface area contributed by atoms with E-state index in [-0.39, 0.29) is 0 Å². The molecule has 0 bridgehead atoms. The highest BCUT2D eigenvalue weighted by Gasteiger charge is 2.19. The van der Waals surface area contributed by atoms with E-state index in [4.69, 9.17) is 10.5 Å². The van der Waals surface area contributed by atoms with Crippen LogP contribution in [0.15, 0.2) is 18.2 Å². The summed E-state index contributed by atoms with van der Waals surface area (Å²) in [6, 6.07) is 6.76. The fourth-order valence-electron chi connectivity index (χ4n) is 2.68. The van der Waals surface area contributed by atoms with Gasteiger partial charge in [0.15, 0.2) is 0 Å². The molecule has 1 aromatic carbocycles. The quantitative estimate of drug-likeness (QED) is 0.786. The largest absolute Gasteiger partial charge is 0.497 e. The van der Waals surface area contributed by atoms with Crippen molar-refractivity contribution in [2.24, 2.45) is 11.7 Å². The minimum Gasteiger partial charge on any atom is -0.497 e. The van der Waals surface area contributed by atoms with Crippen molar-refractivity contribution in [3.63, 3.8) is 0 Å². The second-order valence-electron chi connectivity index (χ2n) is 5.72. The fourth-order valence-corrected chi connectivity index (χ4v) is 2.68. The smallest absolute Gasteiger partial charge is 0.120 e. The number of benzene rings is 1. The fraction of sp³-hybridized carbons (Fsp3) is 0.647. The molecule has 0 saturated carbocycles. The Morgan fingerprint density at radius 3 is 2.30 bits per heavy atom. The maximum absolute atomic E-state index is 5.93. The molecule has 0 fully saturated rings. The van der Waals surface area contributed by atoms with Gasteiger partial charge < -0.3 is 15.4 Å². The van der Waals surface area contributed by atoms with E-state index < -0.39 is 0 Å². The standard InChI is InChI=1S/C17H30N2O/c1-6-15(7-2)19(12-13(3)4)17-10-16(20-5)9-8-14(17)11-18/h8-10,13,15H,6-7,11-12,18H2,1-5H3. The van der Waals surface area contributed by atoms with Crippen LogP contribution >= 0.6 is 0 Å². The molecule has 0 aromatic heterocycles. The third-order valence-electron chi connectivity index (χ3n) is 3.77. The SMILES string of the molecule is CCC(CC)N(CC(C)C)c1cc(OC)ccc1CN. The van der Waals surface area contributed by atoms with Crippen LogP contribution in [0.5, 0.6) is 5.75 Å². The average molecular weight is 278 g/mol. The normalized spacial score (nSPS) is 11.2.